The number of nitrogens with one attached hydrogen (secondary N) is 1. The second-order valence-electron chi connectivity index (χ2n) is 3.46. The van der Waals surface area contributed by atoms with Crippen LogP contribution in [0.2, 0.25) is 0 Å². The van der Waals surface area contributed by atoms with Gasteiger partial charge in [-0.2, -0.15) is 10.2 Å². The van der Waals surface area contributed by atoms with Crippen molar-refractivity contribution in [2.24, 2.45) is 5.73 Å². The molecule has 0 radical (unpaired) electrons. The molecule has 0 spiro atoms. The van der Waals surface area contributed by atoms with Crippen LogP contribution in [-0.4, -0.2) is 18.6 Å². The average molecular weight is 284 g/mol. The van der Waals surface area contributed by atoms with E-state index >= 15 is 0 Å². The van der Waals surface area contributed by atoms with Gasteiger partial charge in [0.05, 0.1) is 12.2 Å². The van der Waals surface area contributed by atoms with Crippen molar-refractivity contribution in [3.05, 3.63) is 41.0 Å². The zero-order valence-corrected chi connectivity index (χ0v) is 11.0. The van der Waals surface area contributed by atoms with Gasteiger partial charge in [0, 0.05) is 17.6 Å². The normalized spacial score (nSPS) is 11.6. The van der Waals surface area contributed by atoms with E-state index in [0.29, 0.717) is 12.2 Å². The number of nitrogens with zero attached hydrogens (tertiary/aromatic N) is 2. The van der Waals surface area contributed by atoms with Crippen molar-refractivity contribution in [2.45, 2.75) is 17.3 Å². The van der Waals surface area contributed by atoms with Crippen molar-refractivity contribution in [1.82, 2.24) is 14.9 Å². The minimum absolute atomic E-state index is 0.117. The van der Waals surface area contributed by atoms with Crippen LogP contribution in [-0.2, 0) is 23.1 Å². The minimum Gasteiger partial charge on any atom is -0.326 e. The third-order valence-electron chi connectivity index (χ3n) is 2.17. The lowest BCUT2D eigenvalue weighted by Gasteiger charge is -2.03. The quantitative estimate of drug-likeness (QED) is 0.832. The molecule has 0 atom stereocenters. The Bertz CT molecular complexity index is 610. The van der Waals surface area contributed by atoms with Gasteiger partial charge in [-0.3, -0.25) is 0 Å². The van der Waals surface area contributed by atoms with Crippen LogP contribution in [0.5, 0.6) is 0 Å². The van der Waals surface area contributed by atoms with Crippen LogP contribution < -0.4 is 10.5 Å². The van der Waals surface area contributed by atoms with E-state index in [1.807, 2.05) is 0 Å². The van der Waals surface area contributed by atoms with Gasteiger partial charge in [-0.1, -0.05) is 0 Å². The average Bonchev–Trinajstić information content (AvgIpc) is 2.87. The highest BCUT2D eigenvalue weighted by Crippen LogP contribution is 2.20. The zero-order chi connectivity index (χ0) is 13.0. The van der Waals surface area contributed by atoms with Gasteiger partial charge in [-0.05, 0) is 24.3 Å². The van der Waals surface area contributed by atoms with E-state index in [2.05, 4.69) is 14.9 Å². The minimum atomic E-state index is -3.50. The summed E-state index contributed by atoms with van der Waals surface area (Å²) in [5, 5.41) is 7.48. The molecule has 0 amide bonds. The Labute approximate surface area is 109 Å². The largest absolute Gasteiger partial charge is 0.326 e. The van der Waals surface area contributed by atoms with Crippen molar-refractivity contribution in [2.75, 3.05) is 0 Å². The van der Waals surface area contributed by atoms with Crippen molar-refractivity contribution >= 4 is 21.4 Å². The topological polar surface area (TPSA) is 98.0 Å². The highest BCUT2D eigenvalue weighted by atomic mass is 32.2. The standard InChI is InChI=1S/C10H12N4O2S2/c11-6-9-3-4-10(17-9)18(15,16)13-7-8-2-1-5-12-14-8/h1-5,13H,6-7,11H2. The summed E-state index contributed by atoms with van der Waals surface area (Å²) < 4.78 is 26.6. The van der Waals surface area contributed by atoms with E-state index in [-0.39, 0.29) is 10.8 Å². The third-order valence-corrected chi connectivity index (χ3v) is 5.17. The Hall–Kier alpha value is -1.35. The molecule has 0 aliphatic rings. The highest BCUT2D eigenvalue weighted by Gasteiger charge is 2.16. The van der Waals surface area contributed by atoms with E-state index in [1.165, 1.54) is 6.20 Å². The van der Waals surface area contributed by atoms with Crippen LogP contribution in [0.15, 0.2) is 34.7 Å². The smallest absolute Gasteiger partial charge is 0.250 e. The fourth-order valence-corrected chi connectivity index (χ4v) is 3.56. The summed E-state index contributed by atoms with van der Waals surface area (Å²) in [4.78, 5) is 0.829. The number of rotatable bonds is 5. The van der Waals surface area contributed by atoms with Crippen LogP contribution >= 0.6 is 11.3 Å². The lowest BCUT2D eigenvalue weighted by molar-refractivity contribution is 0.582. The van der Waals surface area contributed by atoms with E-state index in [4.69, 9.17) is 5.73 Å². The second kappa shape index (κ2) is 5.53. The highest BCUT2D eigenvalue weighted by molar-refractivity contribution is 7.91. The second-order valence-corrected chi connectivity index (χ2v) is 6.63. The van der Waals surface area contributed by atoms with Gasteiger partial charge in [-0.15, -0.1) is 11.3 Å². The molecule has 2 heterocycles. The molecule has 2 aromatic heterocycles. The summed E-state index contributed by atoms with van der Waals surface area (Å²) in [7, 11) is -3.50. The van der Waals surface area contributed by atoms with Crippen molar-refractivity contribution in [3.8, 4) is 0 Å². The molecular weight excluding hydrogens is 272 g/mol. The monoisotopic (exact) mass is 284 g/mol. The number of aromatic nitrogens is 2. The Morgan fingerprint density at radius 1 is 1.33 bits per heavy atom. The molecular formula is C10H12N4O2S2. The molecule has 0 saturated carbocycles. The van der Waals surface area contributed by atoms with Gasteiger partial charge in [0.25, 0.3) is 0 Å². The number of thiophene rings is 1. The molecule has 8 heteroatoms. The first-order valence-corrected chi connectivity index (χ1v) is 7.47. The van der Waals surface area contributed by atoms with Gasteiger partial charge in [0.2, 0.25) is 10.0 Å². The maximum atomic E-state index is 11.9. The predicted octanol–water partition coefficient (Wildman–Crippen LogP) is 0.475. The molecule has 0 fully saturated rings. The maximum Gasteiger partial charge on any atom is 0.250 e. The fourth-order valence-electron chi connectivity index (χ4n) is 1.28. The van der Waals surface area contributed by atoms with Crippen LogP contribution in [0.3, 0.4) is 0 Å². The van der Waals surface area contributed by atoms with Gasteiger partial charge >= 0.3 is 0 Å². The van der Waals surface area contributed by atoms with E-state index in [0.717, 1.165) is 16.2 Å². The van der Waals surface area contributed by atoms with Crippen LogP contribution in [0.25, 0.3) is 0 Å². The molecule has 0 aromatic carbocycles. The molecule has 0 aliphatic heterocycles. The Morgan fingerprint density at radius 3 is 2.78 bits per heavy atom. The van der Waals surface area contributed by atoms with Crippen LogP contribution in [0, 0.1) is 0 Å². The Balaban J connectivity index is 2.08. The maximum absolute atomic E-state index is 11.9. The van der Waals surface area contributed by atoms with Gasteiger partial charge in [0.1, 0.15) is 4.21 Å². The molecule has 3 N–H and O–H groups in total. The van der Waals surface area contributed by atoms with Crippen LogP contribution in [0.4, 0.5) is 0 Å². The SMILES string of the molecule is NCc1ccc(S(=O)(=O)NCc2cccnn2)s1. The molecule has 18 heavy (non-hydrogen) atoms. The lowest BCUT2D eigenvalue weighted by Crippen LogP contribution is -2.23. The Kier molecular flexibility index (Phi) is 4.02. The third kappa shape index (κ3) is 3.10. The lowest BCUT2D eigenvalue weighted by atomic mass is 10.4. The van der Waals surface area contributed by atoms with E-state index in [9.17, 15) is 8.42 Å². The van der Waals surface area contributed by atoms with Gasteiger partial charge < -0.3 is 5.73 Å². The predicted molar refractivity (Wildman–Crippen MR) is 68.3 cm³/mol. The van der Waals surface area contributed by atoms with E-state index in [1.54, 1.807) is 24.3 Å². The van der Waals surface area contributed by atoms with Crippen molar-refractivity contribution in [3.63, 3.8) is 0 Å². The first-order valence-electron chi connectivity index (χ1n) is 5.17. The zero-order valence-electron chi connectivity index (χ0n) is 9.41. The first-order chi connectivity index (χ1) is 8.62. The molecule has 2 aromatic rings. The van der Waals surface area contributed by atoms with Crippen molar-refractivity contribution < 1.29 is 8.42 Å². The molecule has 0 saturated heterocycles. The van der Waals surface area contributed by atoms with Crippen molar-refractivity contribution in [1.29, 1.82) is 0 Å². The molecule has 6 nitrogen and oxygen atoms in total. The first kappa shape index (κ1) is 13.1. The number of nitrogens with two attached hydrogens (primary N) is 1. The van der Waals surface area contributed by atoms with Gasteiger partial charge in [0.15, 0.2) is 0 Å². The summed E-state index contributed by atoms with van der Waals surface area (Å²) in [5.41, 5.74) is 6.01. The number of hydrogen-bond acceptors (Lipinski definition) is 6. The van der Waals surface area contributed by atoms with Crippen LogP contribution in [0.1, 0.15) is 10.6 Å². The molecule has 0 aliphatic carbocycles. The van der Waals surface area contributed by atoms with Gasteiger partial charge in [-0.25, -0.2) is 13.1 Å². The molecule has 96 valence electrons. The molecule has 0 unspecified atom stereocenters. The molecule has 0 bridgehead atoms. The number of hydrogen-bond donors (Lipinski definition) is 2. The summed E-state index contributed by atoms with van der Waals surface area (Å²) in [6.45, 7) is 0.455. The van der Waals surface area contributed by atoms with E-state index < -0.39 is 10.0 Å². The summed E-state index contributed by atoms with van der Waals surface area (Å²) in [6.07, 6.45) is 1.53. The fraction of sp³-hybridized carbons (Fsp3) is 0.200. The number of sulfonamides is 1. The molecule has 2 rings (SSSR count). The summed E-state index contributed by atoms with van der Waals surface area (Å²) in [6, 6.07) is 6.66. The Morgan fingerprint density at radius 2 is 2.17 bits per heavy atom. The summed E-state index contributed by atoms with van der Waals surface area (Å²) >= 11 is 1.16. The summed E-state index contributed by atoms with van der Waals surface area (Å²) in [5.74, 6) is 0.